The van der Waals surface area contributed by atoms with Crippen LogP contribution >= 0.6 is 0 Å². The minimum atomic E-state index is -3.82. The molecule has 2 aromatic carbocycles. The SMILES string of the molecule is CCOc1cccc(-c2ccc(CN3CCN(c4ccc(C(=O)NS(=O)(=O)C(C)(C)C)nn4)CC3)c(CC)c2)c1. The molecule has 0 unspecified atom stereocenters. The van der Waals surface area contributed by atoms with Gasteiger partial charge in [-0.1, -0.05) is 37.3 Å². The summed E-state index contributed by atoms with van der Waals surface area (Å²) in [6.07, 6.45) is 0.959. The highest BCUT2D eigenvalue weighted by molar-refractivity contribution is 7.91. The normalized spacial score (nSPS) is 14.7. The molecule has 1 aliphatic heterocycles. The van der Waals surface area contributed by atoms with Crippen molar-refractivity contribution in [2.24, 2.45) is 0 Å². The summed E-state index contributed by atoms with van der Waals surface area (Å²) in [5.74, 6) is 0.775. The van der Waals surface area contributed by atoms with E-state index < -0.39 is 20.7 Å². The summed E-state index contributed by atoms with van der Waals surface area (Å²) in [4.78, 5) is 17.0. The monoisotopic (exact) mass is 565 g/mol. The smallest absolute Gasteiger partial charge is 0.285 e. The highest BCUT2D eigenvalue weighted by atomic mass is 32.2. The Morgan fingerprint density at radius 2 is 1.65 bits per heavy atom. The Morgan fingerprint density at radius 1 is 0.925 bits per heavy atom. The Morgan fingerprint density at radius 3 is 2.27 bits per heavy atom. The Kier molecular flexibility index (Phi) is 9.10. The number of anilines is 1. The molecule has 0 saturated carbocycles. The van der Waals surface area contributed by atoms with Gasteiger partial charge in [-0.2, -0.15) is 0 Å². The molecule has 10 heteroatoms. The van der Waals surface area contributed by atoms with Crippen LogP contribution in [-0.2, 0) is 23.0 Å². The summed E-state index contributed by atoms with van der Waals surface area (Å²) in [6.45, 7) is 13.6. The van der Waals surface area contributed by atoms with Gasteiger partial charge in [-0.05, 0) is 80.6 Å². The lowest BCUT2D eigenvalue weighted by atomic mass is 9.97. The van der Waals surface area contributed by atoms with Crippen LogP contribution in [0.1, 0.15) is 56.2 Å². The van der Waals surface area contributed by atoms with Crippen molar-refractivity contribution in [2.75, 3.05) is 37.7 Å². The number of amides is 1. The van der Waals surface area contributed by atoms with Gasteiger partial charge in [0.15, 0.2) is 11.5 Å². The van der Waals surface area contributed by atoms with Crippen LogP contribution in [-0.4, -0.2) is 67.0 Å². The number of aromatic nitrogens is 2. The molecule has 9 nitrogen and oxygen atoms in total. The second-order valence-electron chi connectivity index (χ2n) is 10.9. The molecule has 4 rings (SSSR count). The number of carbonyl (C=O) groups is 1. The molecule has 1 saturated heterocycles. The van der Waals surface area contributed by atoms with E-state index >= 15 is 0 Å². The lowest BCUT2D eigenvalue weighted by Gasteiger charge is -2.35. The first kappa shape index (κ1) is 29.5. The average Bonchev–Trinajstić information content (AvgIpc) is 2.93. The van der Waals surface area contributed by atoms with Gasteiger partial charge in [-0.25, -0.2) is 13.1 Å². The minimum Gasteiger partial charge on any atom is -0.494 e. The molecular formula is C30H39N5O4S. The number of nitrogens with zero attached hydrogens (tertiary/aromatic N) is 4. The summed E-state index contributed by atoms with van der Waals surface area (Å²) >= 11 is 0. The van der Waals surface area contributed by atoms with Crippen LogP contribution in [0.5, 0.6) is 5.75 Å². The van der Waals surface area contributed by atoms with Crippen molar-refractivity contribution in [2.45, 2.75) is 52.3 Å². The summed E-state index contributed by atoms with van der Waals surface area (Å²) in [7, 11) is -3.82. The van der Waals surface area contributed by atoms with E-state index in [-0.39, 0.29) is 5.69 Å². The topological polar surface area (TPSA) is 105 Å². The molecule has 0 radical (unpaired) electrons. The van der Waals surface area contributed by atoms with Crippen LogP contribution in [0.3, 0.4) is 0 Å². The number of nitrogens with one attached hydrogen (secondary N) is 1. The van der Waals surface area contributed by atoms with E-state index in [1.807, 2.05) is 19.1 Å². The predicted octanol–water partition coefficient (Wildman–Crippen LogP) is 4.29. The molecule has 1 amide bonds. The highest BCUT2D eigenvalue weighted by Crippen LogP contribution is 2.27. The summed E-state index contributed by atoms with van der Waals surface area (Å²) in [6, 6.07) is 18.2. The van der Waals surface area contributed by atoms with Gasteiger partial charge < -0.3 is 9.64 Å². The first-order valence-corrected chi connectivity index (χ1v) is 15.2. The van der Waals surface area contributed by atoms with Gasteiger partial charge in [0.05, 0.1) is 11.4 Å². The van der Waals surface area contributed by atoms with Gasteiger partial charge in [-0.15, -0.1) is 10.2 Å². The fourth-order valence-corrected chi connectivity index (χ4v) is 5.19. The first-order valence-electron chi connectivity index (χ1n) is 13.7. The van der Waals surface area contributed by atoms with Crippen molar-refractivity contribution < 1.29 is 17.9 Å². The average molecular weight is 566 g/mol. The van der Waals surface area contributed by atoms with Crippen LogP contribution in [0.15, 0.2) is 54.6 Å². The van der Waals surface area contributed by atoms with Crippen molar-refractivity contribution >= 4 is 21.7 Å². The van der Waals surface area contributed by atoms with E-state index in [9.17, 15) is 13.2 Å². The van der Waals surface area contributed by atoms with Gasteiger partial charge in [-0.3, -0.25) is 9.69 Å². The first-order chi connectivity index (χ1) is 19.0. The van der Waals surface area contributed by atoms with Crippen LogP contribution in [0, 0.1) is 0 Å². The molecule has 214 valence electrons. The maximum Gasteiger partial charge on any atom is 0.285 e. The van der Waals surface area contributed by atoms with Crippen LogP contribution in [0.25, 0.3) is 11.1 Å². The number of rotatable bonds is 9. The molecule has 1 aromatic heterocycles. The third-order valence-electron chi connectivity index (χ3n) is 7.07. The number of benzene rings is 2. The molecule has 1 fully saturated rings. The zero-order valence-corrected chi connectivity index (χ0v) is 24.8. The maximum absolute atomic E-state index is 12.4. The standard InChI is InChI=1S/C30H39N5O4S/c1-6-22-19-24(23-9-8-10-26(20-23)39-7-2)11-12-25(22)21-34-15-17-35(18-16-34)28-14-13-27(31-32-28)29(36)33-40(37,38)30(3,4)5/h8-14,19-20H,6-7,15-18,21H2,1-5H3,(H,33,36). The summed E-state index contributed by atoms with van der Waals surface area (Å²) < 4.78 is 31.2. The van der Waals surface area contributed by atoms with Gasteiger partial charge in [0.25, 0.3) is 5.91 Å². The van der Waals surface area contributed by atoms with E-state index in [0.29, 0.717) is 12.4 Å². The molecule has 3 aromatic rings. The second kappa shape index (κ2) is 12.3. The third-order valence-corrected chi connectivity index (χ3v) is 9.14. The van der Waals surface area contributed by atoms with E-state index in [4.69, 9.17) is 4.74 Å². The molecule has 0 bridgehead atoms. The van der Waals surface area contributed by atoms with Crippen molar-refractivity contribution in [1.82, 2.24) is 19.8 Å². The Labute approximate surface area is 237 Å². The van der Waals surface area contributed by atoms with Gasteiger partial charge in [0, 0.05) is 32.7 Å². The number of hydrogen-bond acceptors (Lipinski definition) is 8. The summed E-state index contributed by atoms with van der Waals surface area (Å²) in [5.41, 5.74) is 4.99. The number of sulfonamides is 1. The molecule has 0 spiro atoms. The lowest BCUT2D eigenvalue weighted by Crippen LogP contribution is -2.46. The third kappa shape index (κ3) is 6.98. The molecule has 1 N–H and O–H groups in total. The number of carbonyl (C=O) groups excluding carboxylic acids is 1. The maximum atomic E-state index is 12.4. The molecule has 0 atom stereocenters. The minimum absolute atomic E-state index is 0.0321. The molecule has 40 heavy (non-hydrogen) atoms. The van der Waals surface area contributed by atoms with Crippen molar-refractivity contribution in [3.05, 3.63) is 71.4 Å². The fourth-order valence-electron chi connectivity index (χ4n) is 4.54. The van der Waals surface area contributed by atoms with Gasteiger partial charge >= 0.3 is 0 Å². The Bertz CT molecular complexity index is 1430. The van der Waals surface area contributed by atoms with E-state index in [1.54, 1.807) is 6.07 Å². The zero-order chi connectivity index (χ0) is 28.9. The van der Waals surface area contributed by atoms with E-state index in [2.05, 4.69) is 62.0 Å². The van der Waals surface area contributed by atoms with Gasteiger partial charge in [0.1, 0.15) is 5.75 Å². The fraction of sp³-hybridized carbons (Fsp3) is 0.433. The van der Waals surface area contributed by atoms with E-state index in [0.717, 1.165) is 50.5 Å². The molecular weight excluding hydrogens is 526 g/mol. The van der Waals surface area contributed by atoms with E-state index in [1.165, 1.54) is 43.5 Å². The molecule has 2 heterocycles. The second-order valence-corrected chi connectivity index (χ2v) is 13.3. The predicted molar refractivity (Wildman–Crippen MR) is 158 cm³/mol. The number of ether oxygens (including phenoxy) is 1. The van der Waals surface area contributed by atoms with Crippen molar-refractivity contribution in [1.29, 1.82) is 0 Å². The molecule has 1 aliphatic rings. The lowest BCUT2D eigenvalue weighted by molar-refractivity contribution is 0.0974. The Hall–Kier alpha value is -3.50. The van der Waals surface area contributed by atoms with Crippen molar-refractivity contribution in [3.8, 4) is 16.9 Å². The highest BCUT2D eigenvalue weighted by Gasteiger charge is 2.31. The number of hydrogen-bond donors (Lipinski definition) is 1. The number of aryl methyl sites for hydroxylation is 1. The van der Waals surface area contributed by atoms with Crippen LogP contribution in [0.4, 0.5) is 5.82 Å². The Balaban J connectivity index is 1.35. The number of piperazine rings is 1. The zero-order valence-electron chi connectivity index (χ0n) is 24.0. The van der Waals surface area contributed by atoms with Crippen LogP contribution < -0.4 is 14.4 Å². The summed E-state index contributed by atoms with van der Waals surface area (Å²) in [5, 5.41) is 8.19. The van der Waals surface area contributed by atoms with Crippen molar-refractivity contribution in [3.63, 3.8) is 0 Å². The quantitative estimate of drug-likeness (QED) is 0.410. The van der Waals surface area contributed by atoms with Gasteiger partial charge in [0.2, 0.25) is 10.0 Å². The largest absolute Gasteiger partial charge is 0.494 e. The molecule has 0 aliphatic carbocycles. The van der Waals surface area contributed by atoms with Crippen LogP contribution in [0.2, 0.25) is 0 Å².